The van der Waals surface area contributed by atoms with E-state index in [0.29, 0.717) is 6.54 Å². The average molecular weight is 216 g/mol. The summed E-state index contributed by atoms with van der Waals surface area (Å²) in [6.45, 7) is 2.02. The maximum Gasteiger partial charge on any atom is 0.246 e. The molecule has 2 atom stereocenters. The van der Waals surface area contributed by atoms with Gasteiger partial charge in [-0.3, -0.25) is 9.59 Å². The predicted octanol–water partition coefficient (Wildman–Crippen LogP) is -1.66. The van der Waals surface area contributed by atoms with Crippen LogP contribution >= 0.6 is 0 Å². The lowest BCUT2D eigenvalue weighted by atomic mass is 10.2. The van der Waals surface area contributed by atoms with Crippen molar-refractivity contribution < 1.29 is 19.4 Å². The molecule has 1 rings (SSSR count). The van der Waals surface area contributed by atoms with Crippen molar-refractivity contribution in [1.82, 2.24) is 10.2 Å². The third kappa shape index (κ3) is 3.17. The van der Waals surface area contributed by atoms with Gasteiger partial charge in [0.25, 0.3) is 0 Å². The van der Waals surface area contributed by atoms with Crippen LogP contribution in [0.2, 0.25) is 0 Å². The zero-order valence-electron chi connectivity index (χ0n) is 8.90. The van der Waals surface area contributed by atoms with Gasteiger partial charge in [0.1, 0.15) is 6.61 Å². The van der Waals surface area contributed by atoms with Gasteiger partial charge in [0, 0.05) is 27.1 Å². The highest BCUT2D eigenvalue weighted by atomic mass is 16.5. The molecule has 0 unspecified atom stereocenters. The van der Waals surface area contributed by atoms with Crippen LogP contribution in [-0.4, -0.2) is 60.8 Å². The van der Waals surface area contributed by atoms with Crippen LogP contribution in [0.15, 0.2) is 0 Å². The number of nitrogens with one attached hydrogen (secondary N) is 1. The first kappa shape index (κ1) is 11.9. The summed E-state index contributed by atoms with van der Waals surface area (Å²) in [7, 11) is 1.42. The number of hydrogen-bond acceptors (Lipinski definition) is 4. The molecular weight excluding hydrogens is 200 g/mol. The summed E-state index contributed by atoms with van der Waals surface area (Å²) in [6.07, 6.45) is -0.699. The number of carbonyl (C=O) groups is 2. The molecule has 0 aromatic heterocycles. The number of β-amino-alcohol motifs (C(OH)–C–C–N with tert-alkyl or cyclic N) is 1. The summed E-state index contributed by atoms with van der Waals surface area (Å²) in [5.74, 6) is -0.385. The van der Waals surface area contributed by atoms with Crippen LogP contribution in [0.25, 0.3) is 0 Å². The lowest BCUT2D eigenvalue weighted by molar-refractivity contribution is -0.129. The van der Waals surface area contributed by atoms with Crippen LogP contribution in [0, 0.1) is 0 Å². The van der Waals surface area contributed by atoms with E-state index in [1.165, 1.54) is 18.9 Å². The van der Waals surface area contributed by atoms with Crippen molar-refractivity contribution in [3.05, 3.63) is 0 Å². The van der Waals surface area contributed by atoms with Crippen molar-refractivity contribution in [2.45, 2.75) is 19.1 Å². The van der Waals surface area contributed by atoms with E-state index in [1.807, 2.05) is 0 Å². The molecule has 1 aliphatic rings. The quantitative estimate of drug-likeness (QED) is 0.592. The predicted molar refractivity (Wildman–Crippen MR) is 52.1 cm³/mol. The number of likely N-dealkylation sites (tertiary alicyclic amines) is 1. The molecule has 2 amide bonds. The highest BCUT2D eigenvalue weighted by Gasteiger charge is 2.33. The van der Waals surface area contributed by atoms with Gasteiger partial charge in [-0.05, 0) is 0 Å². The van der Waals surface area contributed by atoms with Gasteiger partial charge in [-0.15, -0.1) is 0 Å². The molecule has 0 saturated carbocycles. The van der Waals surface area contributed by atoms with Crippen molar-refractivity contribution in [2.75, 3.05) is 26.8 Å². The molecular formula is C9H16N2O4. The van der Waals surface area contributed by atoms with Crippen molar-refractivity contribution in [1.29, 1.82) is 0 Å². The first-order valence-electron chi connectivity index (χ1n) is 4.76. The molecule has 6 nitrogen and oxygen atoms in total. The molecule has 6 heteroatoms. The maximum absolute atomic E-state index is 11.2. The van der Waals surface area contributed by atoms with Gasteiger partial charge in [-0.25, -0.2) is 0 Å². The van der Waals surface area contributed by atoms with Gasteiger partial charge in [0.05, 0.1) is 12.1 Å². The number of amides is 2. The molecule has 0 aromatic rings. The van der Waals surface area contributed by atoms with E-state index < -0.39 is 12.1 Å². The number of hydrogen-bond donors (Lipinski definition) is 2. The van der Waals surface area contributed by atoms with Crippen LogP contribution in [0.1, 0.15) is 6.92 Å². The smallest absolute Gasteiger partial charge is 0.246 e. The fourth-order valence-corrected chi connectivity index (χ4v) is 1.57. The van der Waals surface area contributed by atoms with E-state index in [4.69, 9.17) is 0 Å². The molecule has 0 aromatic carbocycles. The second kappa shape index (κ2) is 5.09. The number of aliphatic hydroxyl groups excluding tert-OH is 1. The van der Waals surface area contributed by atoms with Crippen LogP contribution in [0.5, 0.6) is 0 Å². The Bertz CT molecular complexity index is 256. The second-order valence-corrected chi connectivity index (χ2v) is 3.60. The van der Waals surface area contributed by atoms with Gasteiger partial charge in [0.15, 0.2) is 0 Å². The van der Waals surface area contributed by atoms with Gasteiger partial charge in [-0.2, -0.15) is 0 Å². The maximum atomic E-state index is 11.2. The number of ether oxygens (including phenoxy) is 1. The topological polar surface area (TPSA) is 78.9 Å². The van der Waals surface area contributed by atoms with Crippen molar-refractivity contribution in [3.8, 4) is 0 Å². The minimum Gasteiger partial charge on any atom is -0.389 e. The van der Waals surface area contributed by atoms with Crippen LogP contribution in [-0.2, 0) is 14.3 Å². The SMILES string of the molecule is COCC(=O)N[C@@H]1CN(C(C)=O)C[C@H]1O. The molecule has 2 N–H and O–H groups in total. The normalized spacial score (nSPS) is 25.4. The number of methoxy groups -OCH3 is 1. The number of rotatable bonds is 3. The Kier molecular flexibility index (Phi) is 4.05. The summed E-state index contributed by atoms with van der Waals surface area (Å²) < 4.78 is 4.65. The largest absolute Gasteiger partial charge is 0.389 e. The monoisotopic (exact) mass is 216 g/mol. The third-order valence-corrected chi connectivity index (χ3v) is 2.36. The van der Waals surface area contributed by atoms with E-state index in [-0.39, 0.29) is 25.0 Å². The molecule has 0 aliphatic carbocycles. The van der Waals surface area contributed by atoms with Crippen molar-refractivity contribution in [3.63, 3.8) is 0 Å². The zero-order chi connectivity index (χ0) is 11.4. The number of aliphatic hydroxyl groups is 1. The summed E-state index contributed by atoms with van der Waals surface area (Å²) >= 11 is 0. The standard InChI is InChI=1S/C9H16N2O4/c1-6(12)11-3-7(8(13)4-11)10-9(14)5-15-2/h7-8,13H,3-5H2,1-2H3,(H,10,14)/t7-,8-/m1/s1. The molecule has 0 radical (unpaired) electrons. The Balaban J connectivity index is 2.43. The van der Waals surface area contributed by atoms with Gasteiger partial charge in [-0.1, -0.05) is 0 Å². The lowest BCUT2D eigenvalue weighted by Crippen LogP contribution is -2.44. The first-order chi connectivity index (χ1) is 7.04. The van der Waals surface area contributed by atoms with E-state index in [1.54, 1.807) is 0 Å². The highest BCUT2D eigenvalue weighted by molar-refractivity contribution is 5.78. The zero-order valence-corrected chi connectivity index (χ0v) is 8.90. The van der Waals surface area contributed by atoms with Gasteiger partial charge >= 0.3 is 0 Å². The molecule has 0 bridgehead atoms. The Hall–Kier alpha value is -1.14. The van der Waals surface area contributed by atoms with E-state index in [9.17, 15) is 14.7 Å². The Labute approximate surface area is 88.2 Å². The molecule has 1 saturated heterocycles. The van der Waals surface area contributed by atoms with E-state index in [0.717, 1.165) is 0 Å². The fraction of sp³-hybridized carbons (Fsp3) is 0.778. The first-order valence-corrected chi connectivity index (χ1v) is 4.76. The van der Waals surface area contributed by atoms with E-state index in [2.05, 4.69) is 10.1 Å². The number of carbonyl (C=O) groups excluding carboxylic acids is 2. The van der Waals surface area contributed by atoms with Crippen molar-refractivity contribution >= 4 is 11.8 Å². The summed E-state index contributed by atoms with van der Waals surface area (Å²) in [5.41, 5.74) is 0. The Morgan fingerprint density at radius 2 is 2.20 bits per heavy atom. The Morgan fingerprint density at radius 3 is 2.67 bits per heavy atom. The third-order valence-electron chi connectivity index (χ3n) is 2.36. The molecule has 1 aliphatic heterocycles. The molecule has 15 heavy (non-hydrogen) atoms. The van der Waals surface area contributed by atoms with E-state index >= 15 is 0 Å². The summed E-state index contributed by atoms with van der Waals surface area (Å²) in [4.78, 5) is 23.7. The lowest BCUT2D eigenvalue weighted by Gasteiger charge is -2.15. The van der Waals surface area contributed by atoms with Crippen LogP contribution in [0.4, 0.5) is 0 Å². The molecule has 86 valence electrons. The summed E-state index contributed by atoms with van der Waals surface area (Å²) in [6, 6.07) is -0.392. The highest BCUT2D eigenvalue weighted by Crippen LogP contribution is 2.09. The minimum atomic E-state index is -0.699. The average Bonchev–Trinajstić information content (AvgIpc) is 2.48. The molecule has 0 spiro atoms. The van der Waals surface area contributed by atoms with Crippen LogP contribution < -0.4 is 5.32 Å². The number of nitrogens with zero attached hydrogens (tertiary/aromatic N) is 1. The summed E-state index contributed by atoms with van der Waals surface area (Å²) in [5, 5.41) is 12.2. The van der Waals surface area contributed by atoms with Gasteiger partial charge in [0.2, 0.25) is 11.8 Å². The van der Waals surface area contributed by atoms with Gasteiger partial charge < -0.3 is 20.1 Å². The Morgan fingerprint density at radius 1 is 1.53 bits per heavy atom. The van der Waals surface area contributed by atoms with Crippen LogP contribution in [0.3, 0.4) is 0 Å². The van der Waals surface area contributed by atoms with Crippen molar-refractivity contribution in [2.24, 2.45) is 0 Å². The molecule has 1 fully saturated rings. The fourth-order valence-electron chi connectivity index (χ4n) is 1.57. The minimum absolute atomic E-state index is 0.0384. The molecule has 1 heterocycles. The second-order valence-electron chi connectivity index (χ2n) is 3.60.